The van der Waals surface area contributed by atoms with E-state index in [1.54, 1.807) is 0 Å². The molecule has 1 heterocycles. The van der Waals surface area contributed by atoms with Crippen LogP contribution in [-0.2, 0) is 0 Å². The van der Waals surface area contributed by atoms with Crippen LogP contribution in [0.2, 0.25) is 0 Å². The predicted octanol–water partition coefficient (Wildman–Crippen LogP) is -2.19. The van der Waals surface area contributed by atoms with Crippen molar-refractivity contribution >= 4 is 5.90 Å². The summed E-state index contributed by atoms with van der Waals surface area (Å²) < 4.78 is 0.447. The average Bonchev–Trinajstić information content (AvgIpc) is 2.10. The van der Waals surface area contributed by atoms with Gasteiger partial charge in [0.15, 0.2) is 11.4 Å². The quantitative estimate of drug-likeness (QED) is 0.227. The van der Waals surface area contributed by atoms with Crippen molar-refractivity contribution in [1.82, 2.24) is 4.73 Å². The molecule has 6 heteroatoms. The average molecular weight is 185 g/mol. The highest BCUT2D eigenvalue weighted by atomic mass is 16.5. The lowest BCUT2D eigenvalue weighted by molar-refractivity contribution is -0.429. The molecule has 0 aromatic carbocycles. The van der Waals surface area contributed by atoms with Crippen LogP contribution in [0, 0.1) is 0 Å². The number of hydrogen-bond acceptors (Lipinski definition) is 3. The molecular formula is C7H9N2O4+. The third-order valence-electron chi connectivity index (χ3n) is 1.49. The van der Waals surface area contributed by atoms with Gasteiger partial charge in [-0.1, -0.05) is 0 Å². The van der Waals surface area contributed by atoms with Gasteiger partial charge < -0.3 is 15.4 Å². The van der Waals surface area contributed by atoms with Gasteiger partial charge in [0.05, 0.1) is 6.20 Å². The second-order valence-corrected chi connectivity index (χ2v) is 2.35. The Morgan fingerprint density at radius 1 is 1.62 bits per heavy atom. The first kappa shape index (κ1) is 9.11. The summed E-state index contributed by atoms with van der Waals surface area (Å²) in [5.41, 5.74) is -0.799. The molecule has 0 bridgehead atoms. The first-order valence-corrected chi connectivity index (χ1v) is 3.45. The Balaban J connectivity index is 3.40. The zero-order chi connectivity index (χ0) is 10.0. The van der Waals surface area contributed by atoms with E-state index in [4.69, 9.17) is 15.4 Å². The fraction of sp³-hybridized carbons (Fsp3) is 0.143. The number of pyridine rings is 1. The molecular weight excluding hydrogens is 176 g/mol. The minimum atomic E-state index is -0.679. The zero-order valence-corrected chi connectivity index (χ0v) is 6.85. The molecule has 0 aliphatic carbocycles. The highest BCUT2D eigenvalue weighted by molar-refractivity contribution is 5.85. The molecule has 0 aliphatic rings. The van der Waals surface area contributed by atoms with Crippen LogP contribution in [0.15, 0.2) is 17.1 Å². The molecule has 1 aromatic rings. The molecule has 13 heavy (non-hydrogen) atoms. The molecule has 0 atom stereocenters. The first-order valence-electron chi connectivity index (χ1n) is 3.45. The summed E-state index contributed by atoms with van der Waals surface area (Å²) >= 11 is 0. The minimum absolute atomic E-state index is 0.120. The summed E-state index contributed by atoms with van der Waals surface area (Å²) in [6, 6.07) is 0.904. The molecule has 6 nitrogen and oxygen atoms in total. The van der Waals surface area contributed by atoms with Crippen LogP contribution in [-0.4, -0.2) is 33.1 Å². The Bertz CT molecular complexity index is 407. The predicted molar refractivity (Wildman–Crippen MR) is 43.2 cm³/mol. The third-order valence-corrected chi connectivity index (χ3v) is 1.49. The Kier molecular flexibility index (Phi) is 2.23. The number of aliphatic hydroxyl groups is 1. The van der Waals surface area contributed by atoms with Crippen LogP contribution in [0.5, 0.6) is 5.75 Å². The molecule has 0 aliphatic heterocycles. The van der Waals surface area contributed by atoms with Crippen molar-refractivity contribution in [2.24, 2.45) is 0 Å². The Hall–Kier alpha value is -1.98. The van der Waals surface area contributed by atoms with Gasteiger partial charge in [-0.05, 0) is 0 Å². The van der Waals surface area contributed by atoms with Crippen molar-refractivity contribution in [2.45, 2.75) is 0 Å². The molecule has 1 rings (SSSR count). The first-order chi connectivity index (χ1) is 6.06. The maximum atomic E-state index is 10.9. The van der Waals surface area contributed by atoms with Crippen LogP contribution < -0.4 is 10.4 Å². The molecule has 0 unspecified atom stereocenters. The summed E-state index contributed by atoms with van der Waals surface area (Å²) in [6.07, 6.45) is 0.797. The van der Waals surface area contributed by atoms with Gasteiger partial charge in [0, 0.05) is 6.07 Å². The zero-order valence-electron chi connectivity index (χ0n) is 6.85. The van der Waals surface area contributed by atoms with Gasteiger partial charge >= 0.3 is 5.90 Å². The van der Waals surface area contributed by atoms with Gasteiger partial charge in [0.25, 0.3) is 0 Å². The van der Waals surface area contributed by atoms with Crippen molar-refractivity contribution < 1.29 is 20.4 Å². The van der Waals surface area contributed by atoms with E-state index in [0.717, 1.165) is 12.3 Å². The van der Waals surface area contributed by atoms with E-state index in [9.17, 15) is 4.79 Å². The SMILES string of the molecule is C[NH+]=C(O)c1cc(=O)c(O)cn1O. The number of aromatic nitrogens is 1. The lowest BCUT2D eigenvalue weighted by Gasteiger charge is -2.01. The van der Waals surface area contributed by atoms with Crippen molar-refractivity contribution in [3.05, 3.63) is 28.2 Å². The fourth-order valence-electron chi connectivity index (χ4n) is 0.818. The molecule has 4 N–H and O–H groups in total. The maximum absolute atomic E-state index is 10.9. The highest BCUT2D eigenvalue weighted by Gasteiger charge is 2.13. The standard InChI is InChI=1S/C7H8N2O4/c1-8-7(12)4-2-5(10)6(11)3-9(4)13/h2-3,11,13H,1H3,(H,8,12)/p+1. The summed E-state index contributed by atoms with van der Waals surface area (Å²) in [6.45, 7) is 0. The van der Waals surface area contributed by atoms with Crippen LogP contribution in [0.1, 0.15) is 5.69 Å². The van der Waals surface area contributed by atoms with Gasteiger partial charge in [0.1, 0.15) is 7.05 Å². The molecule has 0 amide bonds. The molecule has 0 spiro atoms. The van der Waals surface area contributed by atoms with E-state index in [0.29, 0.717) is 4.73 Å². The minimum Gasteiger partial charge on any atom is -0.503 e. The normalized spacial score (nSPS) is 11.6. The van der Waals surface area contributed by atoms with E-state index < -0.39 is 11.2 Å². The molecule has 0 saturated heterocycles. The second kappa shape index (κ2) is 3.18. The van der Waals surface area contributed by atoms with Crippen LogP contribution in [0.4, 0.5) is 0 Å². The fourth-order valence-corrected chi connectivity index (χ4v) is 0.818. The lowest BCUT2D eigenvalue weighted by atomic mass is 10.3. The molecule has 0 fully saturated rings. The van der Waals surface area contributed by atoms with Gasteiger partial charge in [-0.3, -0.25) is 4.79 Å². The topological polar surface area (TPSA) is 96.7 Å². The summed E-state index contributed by atoms with van der Waals surface area (Å²) in [7, 11) is 1.42. The number of nitrogens with zero attached hydrogens (tertiary/aromatic N) is 1. The van der Waals surface area contributed by atoms with Gasteiger partial charge in [0.2, 0.25) is 5.43 Å². The molecule has 0 radical (unpaired) electrons. The number of aliphatic hydroxyl groups excluding tert-OH is 1. The summed E-state index contributed by atoms with van der Waals surface area (Å²) in [5, 5.41) is 27.1. The third kappa shape index (κ3) is 1.61. The number of hydrogen-bond donors (Lipinski definition) is 4. The summed E-state index contributed by atoms with van der Waals surface area (Å²) in [4.78, 5) is 13.2. The Morgan fingerprint density at radius 2 is 2.23 bits per heavy atom. The van der Waals surface area contributed by atoms with E-state index in [1.807, 2.05) is 0 Å². The van der Waals surface area contributed by atoms with Gasteiger partial charge in [-0.2, -0.15) is 4.73 Å². The molecule has 0 saturated carbocycles. The van der Waals surface area contributed by atoms with Crippen LogP contribution in [0.25, 0.3) is 0 Å². The summed E-state index contributed by atoms with van der Waals surface area (Å²) in [5.74, 6) is -0.949. The largest absolute Gasteiger partial charge is 0.503 e. The Labute approximate surface area is 73.0 Å². The van der Waals surface area contributed by atoms with E-state index >= 15 is 0 Å². The van der Waals surface area contributed by atoms with Gasteiger partial charge in [-0.25, -0.2) is 4.99 Å². The number of aromatic hydroxyl groups is 1. The number of nitrogens with one attached hydrogen (secondary N) is 1. The van der Waals surface area contributed by atoms with Crippen molar-refractivity contribution in [3.8, 4) is 5.75 Å². The van der Waals surface area contributed by atoms with Crippen molar-refractivity contribution in [1.29, 1.82) is 0 Å². The maximum Gasteiger partial charge on any atom is 0.386 e. The molecule has 1 aromatic heterocycles. The van der Waals surface area contributed by atoms with E-state index in [-0.39, 0.29) is 11.6 Å². The van der Waals surface area contributed by atoms with Crippen LogP contribution >= 0.6 is 0 Å². The Morgan fingerprint density at radius 3 is 2.77 bits per heavy atom. The smallest absolute Gasteiger partial charge is 0.386 e. The lowest BCUT2D eigenvalue weighted by Crippen LogP contribution is -2.68. The van der Waals surface area contributed by atoms with Crippen molar-refractivity contribution in [2.75, 3.05) is 7.05 Å². The highest BCUT2D eigenvalue weighted by Crippen LogP contribution is 2.00. The van der Waals surface area contributed by atoms with Crippen molar-refractivity contribution in [3.63, 3.8) is 0 Å². The second-order valence-electron chi connectivity index (χ2n) is 2.35. The van der Waals surface area contributed by atoms with E-state index in [2.05, 4.69) is 4.99 Å². The van der Waals surface area contributed by atoms with Gasteiger partial charge in [-0.15, -0.1) is 0 Å². The van der Waals surface area contributed by atoms with Crippen LogP contribution in [0.3, 0.4) is 0 Å². The monoisotopic (exact) mass is 185 g/mol. The van der Waals surface area contributed by atoms with E-state index in [1.165, 1.54) is 7.05 Å². The number of rotatable bonds is 1. The molecule has 70 valence electrons.